The molecule has 4 rings (SSSR count). The molecule has 0 spiro atoms. The lowest BCUT2D eigenvalue weighted by Crippen LogP contribution is -2.47. The van der Waals surface area contributed by atoms with Gasteiger partial charge in [-0.15, -0.1) is 0 Å². The van der Waals surface area contributed by atoms with Gasteiger partial charge in [0.05, 0.1) is 23.4 Å². The van der Waals surface area contributed by atoms with E-state index in [1.165, 1.54) is 0 Å². The molecule has 4 bridgehead atoms. The normalized spacial score (nSPS) is 37.0. The van der Waals surface area contributed by atoms with Gasteiger partial charge in [0.1, 0.15) is 24.4 Å². The lowest BCUT2D eigenvalue weighted by atomic mass is 9.87. The van der Waals surface area contributed by atoms with Crippen molar-refractivity contribution in [2.75, 3.05) is 13.2 Å². The SMILES string of the molecule is CC(C)(C)CC1OC(CCOC(C)(C)C)C2OC(O)C1O2.CC(C)(C)CC1OC(CCOC(C)(C)C)C2OC1OC2O. The molecule has 4 heterocycles. The summed E-state index contributed by atoms with van der Waals surface area (Å²) >= 11 is 0. The molecular formula is C32H60O10. The van der Waals surface area contributed by atoms with E-state index in [9.17, 15) is 10.2 Å². The summed E-state index contributed by atoms with van der Waals surface area (Å²) in [6.45, 7) is 26.3. The summed E-state index contributed by atoms with van der Waals surface area (Å²) in [5.74, 6) is 0. The number of aliphatic hydroxyl groups is 2. The maximum Gasteiger partial charge on any atom is 0.187 e. The van der Waals surface area contributed by atoms with Crippen LogP contribution in [0.3, 0.4) is 0 Å². The Hall–Kier alpha value is -0.400. The molecule has 42 heavy (non-hydrogen) atoms. The van der Waals surface area contributed by atoms with Gasteiger partial charge in [-0.1, -0.05) is 41.5 Å². The third kappa shape index (κ3) is 11.5. The lowest BCUT2D eigenvalue weighted by molar-refractivity contribution is -0.237. The van der Waals surface area contributed by atoms with Gasteiger partial charge in [-0.2, -0.15) is 0 Å². The van der Waals surface area contributed by atoms with Gasteiger partial charge in [-0.05, 0) is 71.6 Å². The quantitative estimate of drug-likeness (QED) is 0.396. The third-order valence-corrected chi connectivity index (χ3v) is 7.23. The van der Waals surface area contributed by atoms with E-state index in [2.05, 4.69) is 41.5 Å². The minimum absolute atomic E-state index is 0.107. The van der Waals surface area contributed by atoms with Crippen LogP contribution in [0.15, 0.2) is 0 Å². The van der Waals surface area contributed by atoms with Crippen molar-refractivity contribution in [2.24, 2.45) is 10.8 Å². The molecule has 4 aliphatic rings. The van der Waals surface area contributed by atoms with Crippen molar-refractivity contribution < 1.29 is 48.1 Å². The Morgan fingerprint density at radius 3 is 1.31 bits per heavy atom. The second-order valence-electron chi connectivity index (χ2n) is 16.4. The predicted molar refractivity (Wildman–Crippen MR) is 158 cm³/mol. The van der Waals surface area contributed by atoms with Crippen LogP contribution in [-0.4, -0.2) is 96.4 Å². The average molecular weight is 605 g/mol. The molecule has 10 atom stereocenters. The van der Waals surface area contributed by atoms with Crippen molar-refractivity contribution in [3.05, 3.63) is 0 Å². The molecule has 10 unspecified atom stereocenters. The first-order valence-corrected chi connectivity index (χ1v) is 15.7. The highest BCUT2D eigenvalue weighted by atomic mass is 16.8. The molecular weight excluding hydrogens is 544 g/mol. The molecule has 0 aromatic heterocycles. The van der Waals surface area contributed by atoms with Gasteiger partial charge in [-0.25, -0.2) is 0 Å². The summed E-state index contributed by atoms with van der Waals surface area (Å²) in [4.78, 5) is 0. The molecule has 0 aromatic rings. The van der Waals surface area contributed by atoms with Gasteiger partial charge >= 0.3 is 0 Å². The Morgan fingerprint density at radius 2 is 0.857 bits per heavy atom. The molecule has 10 heteroatoms. The Labute approximate surface area is 254 Å². The number of ether oxygens (including phenoxy) is 8. The topological polar surface area (TPSA) is 114 Å². The van der Waals surface area contributed by atoms with E-state index in [0.717, 1.165) is 12.8 Å². The Bertz CT molecular complexity index is 823. The first-order valence-electron chi connectivity index (χ1n) is 15.7. The molecule has 248 valence electrons. The zero-order valence-electron chi connectivity index (χ0n) is 28.2. The minimum Gasteiger partial charge on any atom is -0.376 e. The third-order valence-electron chi connectivity index (χ3n) is 7.23. The molecule has 10 nitrogen and oxygen atoms in total. The molecule has 0 amide bonds. The molecule has 0 aromatic carbocycles. The second kappa shape index (κ2) is 13.9. The predicted octanol–water partition coefficient (Wildman–Crippen LogP) is 4.91. The van der Waals surface area contributed by atoms with Crippen LogP contribution in [-0.2, 0) is 37.9 Å². The van der Waals surface area contributed by atoms with E-state index in [1.54, 1.807) is 0 Å². The maximum atomic E-state index is 9.98. The summed E-state index contributed by atoms with van der Waals surface area (Å²) < 4.78 is 46.4. The van der Waals surface area contributed by atoms with E-state index in [0.29, 0.717) is 26.1 Å². The summed E-state index contributed by atoms with van der Waals surface area (Å²) in [6, 6.07) is 0. The molecule has 2 N–H and O–H groups in total. The summed E-state index contributed by atoms with van der Waals surface area (Å²) in [7, 11) is 0. The van der Waals surface area contributed by atoms with E-state index in [-0.39, 0.29) is 52.6 Å². The second-order valence-corrected chi connectivity index (χ2v) is 16.4. The average Bonchev–Trinajstić information content (AvgIpc) is 3.30. The van der Waals surface area contributed by atoms with Crippen molar-refractivity contribution in [3.8, 4) is 0 Å². The van der Waals surface area contributed by atoms with Crippen molar-refractivity contribution in [1.29, 1.82) is 0 Å². The van der Waals surface area contributed by atoms with Crippen LogP contribution in [0.4, 0.5) is 0 Å². The Kier molecular flexibility index (Phi) is 12.0. The largest absolute Gasteiger partial charge is 0.376 e. The van der Waals surface area contributed by atoms with E-state index < -0.39 is 31.3 Å². The zero-order valence-corrected chi connectivity index (χ0v) is 28.2. The van der Waals surface area contributed by atoms with Crippen molar-refractivity contribution >= 4 is 0 Å². The van der Waals surface area contributed by atoms with Gasteiger partial charge in [0.25, 0.3) is 0 Å². The zero-order chi connectivity index (χ0) is 31.7. The highest BCUT2D eigenvalue weighted by molar-refractivity contribution is 4.90. The van der Waals surface area contributed by atoms with Crippen LogP contribution in [0, 0.1) is 10.8 Å². The summed E-state index contributed by atoms with van der Waals surface area (Å²) in [5, 5.41) is 20.0. The van der Waals surface area contributed by atoms with E-state index in [4.69, 9.17) is 37.9 Å². The van der Waals surface area contributed by atoms with Crippen LogP contribution in [0.1, 0.15) is 109 Å². The Balaban J connectivity index is 0.000000230. The lowest BCUT2D eigenvalue weighted by Gasteiger charge is -2.37. The van der Waals surface area contributed by atoms with Gasteiger partial charge in [0, 0.05) is 19.6 Å². The number of aliphatic hydroxyl groups excluding tert-OH is 2. The summed E-state index contributed by atoms with van der Waals surface area (Å²) in [6.07, 6.45) is -1.14. The highest BCUT2D eigenvalue weighted by Gasteiger charge is 2.51. The number of hydrogen-bond donors (Lipinski definition) is 2. The van der Waals surface area contributed by atoms with Gasteiger partial charge in [0.2, 0.25) is 0 Å². The van der Waals surface area contributed by atoms with Crippen LogP contribution in [0.25, 0.3) is 0 Å². The summed E-state index contributed by atoms with van der Waals surface area (Å²) in [5.41, 5.74) is -0.119. The fraction of sp³-hybridized carbons (Fsp3) is 1.00. The fourth-order valence-corrected chi connectivity index (χ4v) is 5.48. The van der Waals surface area contributed by atoms with Crippen molar-refractivity contribution in [3.63, 3.8) is 0 Å². The van der Waals surface area contributed by atoms with E-state index >= 15 is 0 Å². The van der Waals surface area contributed by atoms with Crippen molar-refractivity contribution in [1.82, 2.24) is 0 Å². The standard InChI is InChI=1S/2C16H30O5/c1-15(2,3)9-11-12-13(17)21-14(20-12)10(19-11)7-8-18-16(4,5)6;1-15(2,3)9-11-14-20-12(13(17)21-14)10(19-11)7-8-18-16(4,5)6/h2*10-14,17H,7-9H2,1-6H3. The van der Waals surface area contributed by atoms with Crippen LogP contribution in [0.5, 0.6) is 0 Å². The monoisotopic (exact) mass is 604 g/mol. The number of rotatable bonds is 8. The van der Waals surface area contributed by atoms with Crippen molar-refractivity contribution in [2.45, 2.75) is 182 Å². The van der Waals surface area contributed by atoms with Crippen LogP contribution >= 0.6 is 0 Å². The molecule has 4 aliphatic heterocycles. The van der Waals surface area contributed by atoms with Gasteiger partial charge in [0.15, 0.2) is 25.2 Å². The first kappa shape index (κ1) is 36.1. The smallest absolute Gasteiger partial charge is 0.187 e. The molecule has 0 saturated carbocycles. The van der Waals surface area contributed by atoms with E-state index in [1.807, 2.05) is 41.5 Å². The molecule has 4 fully saturated rings. The first-order chi connectivity index (χ1) is 19.1. The van der Waals surface area contributed by atoms with Crippen LogP contribution in [0.2, 0.25) is 0 Å². The fourth-order valence-electron chi connectivity index (χ4n) is 5.48. The highest BCUT2D eigenvalue weighted by Crippen LogP contribution is 2.39. The molecule has 0 radical (unpaired) electrons. The minimum atomic E-state index is -0.903. The molecule has 4 saturated heterocycles. The van der Waals surface area contributed by atoms with Crippen LogP contribution < -0.4 is 0 Å². The number of hydrogen-bond acceptors (Lipinski definition) is 10. The maximum absolute atomic E-state index is 9.98. The molecule has 0 aliphatic carbocycles. The number of fused-ring (bicyclic) bond motifs is 4. The van der Waals surface area contributed by atoms with Gasteiger partial charge < -0.3 is 48.1 Å². The van der Waals surface area contributed by atoms with Gasteiger partial charge in [-0.3, -0.25) is 0 Å². The Morgan fingerprint density at radius 1 is 0.476 bits per heavy atom.